The van der Waals surface area contributed by atoms with Gasteiger partial charge in [0.2, 0.25) is 0 Å². The van der Waals surface area contributed by atoms with E-state index in [-0.39, 0.29) is 11.1 Å². The van der Waals surface area contributed by atoms with Crippen molar-refractivity contribution in [3.63, 3.8) is 0 Å². The Kier molecular flexibility index (Phi) is 1.84. The van der Waals surface area contributed by atoms with Crippen molar-refractivity contribution in [2.75, 3.05) is 0 Å². The molecule has 72 valence electrons. The first-order chi connectivity index (χ1) is 6.59. The molecule has 0 aliphatic rings. The Morgan fingerprint density at radius 2 is 2.14 bits per heavy atom. The van der Waals surface area contributed by atoms with Gasteiger partial charge in [-0.15, -0.1) is 0 Å². The SMILES string of the molecule is Cc1cc(F)c2ncn(C)c(=O)c2c1. The molecule has 4 heteroatoms. The molecular weight excluding hydrogens is 183 g/mol. The summed E-state index contributed by atoms with van der Waals surface area (Å²) >= 11 is 0. The molecule has 3 nitrogen and oxygen atoms in total. The summed E-state index contributed by atoms with van der Waals surface area (Å²) in [5.41, 5.74) is 0.636. The quantitative estimate of drug-likeness (QED) is 0.632. The van der Waals surface area contributed by atoms with E-state index in [4.69, 9.17) is 0 Å². The Hall–Kier alpha value is -1.71. The maximum Gasteiger partial charge on any atom is 0.261 e. The minimum atomic E-state index is -0.447. The number of nitrogens with zero attached hydrogens (tertiary/aromatic N) is 2. The number of halogens is 1. The van der Waals surface area contributed by atoms with E-state index in [1.807, 2.05) is 0 Å². The van der Waals surface area contributed by atoms with Gasteiger partial charge in [0.15, 0.2) is 0 Å². The van der Waals surface area contributed by atoms with Crippen LogP contribution in [0.4, 0.5) is 4.39 Å². The van der Waals surface area contributed by atoms with Crippen LogP contribution in [0.3, 0.4) is 0 Å². The fraction of sp³-hybridized carbons (Fsp3) is 0.200. The zero-order chi connectivity index (χ0) is 10.3. The van der Waals surface area contributed by atoms with Gasteiger partial charge in [0.05, 0.1) is 11.7 Å². The predicted molar refractivity (Wildman–Crippen MR) is 51.7 cm³/mol. The molecule has 0 amide bonds. The first-order valence-corrected chi connectivity index (χ1v) is 4.21. The number of rotatable bonds is 0. The van der Waals surface area contributed by atoms with Crippen molar-refractivity contribution in [1.29, 1.82) is 0 Å². The summed E-state index contributed by atoms with van der Waals surface area (Å²) in [6, 6.07) is 3.02. The molecule has 1 heterocycles. The van der Waals surface area contributed by atoms with Gasteiger partial charge >= 0.3 is 0 Å². The molecule has 0 aliphatic carbocycles. The number of aromatic nitrogens is 2. The predicted octanol–water partition coefficient (Wildman–Crippen LogP) is 1.38. The lowest BCUT2D eigenvalue weighted by atomic mass is 10.1. The molecule has 2 aromatic rings. The summed E-state index contributed by atoms with van der Waals surface area (Å²) in [7, 11) is 1.59. The second kappa shape index (κ2) is 2.90. The molecule has 1 aromatic carbocycles. The number of benzene rings is 1. The molecule has 0 fully saturated rings. The Labute approximate surface area is 79.8 Å². The van der Waals surface area contributed by atoms with Gasteiger partial charge in [-0.2, -0.15) is 0 Å². The molecule has 0 spiro atoms. The summed E-state index contributed by atoms with van der Waals surface area (Å²) in [6.07, 6.45) is 1.32. The average molecular weight is 192 g/mol. The molecule has 0 aliphatic heterocycles. The Morgan fingerprint density at radius 3 is 2.86 bits per heavy atom. The summed E-state index contributed by atoms with van der Waals surface area (Å²) in [4.78, 5) is 15.5. The van der Waals surface area contributed by atoms with Crippen LogP contribution < -0.4 is 5.56 Å². The Morgan fingerprint density at radius 1 is 1.43 bits per heavy atom. The van der Waals surface area contributed by atoms with Gasteiger partial charge in [-0.1, -0.05) is 0 Å². The van der Waals surface area contributed by atoms with Crippen LogP contribution >= 0.6 is 0 Å². The number of fused-ring (bicyclic) bond motifs is 1. The normalized spacial score (nSPS) is 10.8. The van der Waals surface area contributed by atoms with Crippen LogP contribution in [0, 0.1) is 12.7 Å². The highest BCUT2D eigenvalue weighted by molar-refractivity contribution is 5.78. The van der Waals surface area contributed by atoms with Gasteiger partial charge in [-0.3, -0.25) is 4.79 Å². The first-order valence-electron chi connectivity index (χ1n) is 4.21. The summed E-state index contributed by atoms with van der Waals surface area (Å²) in [5, 5.41) is 0.326. The van der Waals surface area contributed by atoms with Crippen LogP contribution in [-0.2, 0) is 7.05 Å². The second-order valence-electron chi connectivity index (χ2n) is 3.30. The molecule has 0 saturated carbocycles. The second-order valence-corrected chi connectivity index (χ2v) is 3.30. The molecule has 0 bridgehead atoms. The van der Waals surface area contributed by atoms with Crippen molar-refractivity contribution in [3.8, 4) is 0 Å². The molecule has 0 atom stereocenters. The van der Waals surface area contributed by atoms with Crippen molar-refractivity contribution in [1.82, 2.24) is 9.55 Å². The zero-order valence-corrected chi connectivity index (χ0v) is 7.91. The summed E-state index contributed by atoms with van der Waals surface area (Å²) in [6.45, 7) is 1.74. The zero-order valence-electron chi connectivity index (χ0n) is 7.91. The van der Waals surface area contributed by atoms with Crippen molar-refractivity contribution in [3.05, 3.63) is 40.2 Å². The van der Waals surface area contributed by atoms with Crippen molar-refractivity contribution < 1.29 is 4.39 Å². The summed E-state index contributed by atoms with van der Waals surface area (Å²) < 4.78 is 14.7. The van der Waals surface area contributed by atoms with E-state index in [1.165, 1.54) is 17.0 Å². The molecule has 2 rings (SSSR count). The third-order valence-electron chi connectivity index (χ3n) is 2.12. The average Bonchev–Trinajstić information content (AvgIpc) is 2.12. The standard InChI is InChI=1S/C10H9FN2O/c1-6-3-7-9(8(11)4-6)12-5-13(2)10(7)14/h3-5H,1-2H3. The van der Waals surface area contributed by atoms with E-state index in [1.54, 1.807) is 20.0 Å². The van der Waals surface area contributed by atoms with Crippen LogP contribution in [0.2, 0.25) is 0 Å². The largest absolute Gasteiger partial charge is 0.302 e. The van der Waals surface area contributed by atoms with E-state index < -0.39 is 5.82 Å². The molecule has 0 N–H and O–H groups in total. The monoisotopic (exact) mass is 192 g/mol. The van der Waals surface area contributed by atoms with Crippen molar-refractivity contribution in [2.45, 2.75) is 6.92 Å². The lowest BCUT2D eigenvalue weighted by Gasteiger charge is -2.02. The van der Waals surface area contributed by atoms with Gasteiger partial charge in [0.25, 0.3) is 5.56 Å². The molecule has 1 aromatic heterocycles. The first kappa shape index (κ1) is 8.87. The van der Waals surface area contributed by atoms with Crippen molar-refractivity contribution in [2.24, 2.45) is 7.05 Å². The van der Waals surface area contributed by atoms with Crippen LogP contribution in [-0.4, -0.2) is 9.55 Å². The number of aryl methyl sites for hydroxylation is 2. The Bertz CT molecular complexity index is 560. The van der Waals surface area contributed by atoms with Crippen molar-refractivity contribution >= 4 is 10.9 Å². The van der Waals surface area contributed by atoms with E-state index >= 15 is 0 Å². The van der Waals surface area contributed by atoms with Gasteiger partial charge < -0.3 is 4.57 Å². The summed E-state index contributed by atoms with van der Waals surface area (Å²) in [5.74, 6) is -0.447. The maximum atomic E-state index is 13.3. The number of hydrogen-bond acceptors (Lipinski definition) is 2. The minimum absolute atomic E-state index is 0.138. The highest BCUT2D eigenvalue weighted by Crippen LogP contribution is 2.13. The molecule has 0 unspecified atom stereocenters. The smallest absolute Gasteiger partial charge is 0.261 e. The lowest BCUT2D eigenvalue weighted by molar-refractivity contribution is 0.634. The van der Waals surface area contributed by atoms with Gasteiger partial charge in [0, 0.05) is 7.05 Å². The van der Waals surface area contributed by atoms with E-state index in [0.29, 0.717) is 5.39 Å². The third-order valence-corrected chi connectivity index (χ3v) is 2.12. The minimum Gasteiger partial charge on any atom is -0.302 e. The fourth-order valence-corrected chi connectivity index (χ4v) is 1.42. The van der Waals surface area contributed by atoms with Gasteiger partial charge in [-0.05, 0) is 24.6 Å². The van der Waals surface area contributed by atoms with E-state index in [0.717, 1.165) is 5.56 Å². The fourth-order valence-electron chi connectivity index (χ4n) is 1.42. The van der Waals surface area contributed by atoms with Crippen LogP contribution in [0.1, 0.15) is 5.56 Å². The third kappa shape index (κ3) is 1.19. The molecule has 14 heavy (non-hydrogen) atoms. The van der Waals surface area contributed by atoms with E-state index in [9.17, 15) is 9.18 Å². The highest BCUT2D eigenvalue weighted by atomic mass is 19.1. The van der Waals surface area contributed by atoms with Crippen LogP contribution in [0.25, 0.3) is 10.9 Å². The highest BCUT2D eigenvalue weighted by Gasteiger charge is 2.07. The van der Waals surface area contributed by atoms with Crippen LogP contribution in [0.15, 0.2) is 23.3 Å². The molecule has 0 radical (unpaired) electrons. The lowest BCUT2D eigenvalue weighted by Crippen LogP contribution is -2.17. The number of hydrogen-bond donors (Lipinski definition) is 0. The van der Waals surface area contributed by atoms with Gasteiger partial charge in [-0.25, -0.2) is 9.37 Å². The molecule has 0 saturated heterocycles. The van der Waals surface area contributed by atoms with Crippen LogP contribution in [0.5, 0.6) is 0 Å². The Balaban J connectivity index is 3.03. The topological polar surface area (TPSA) is 34.9 Å². The van der Waals surface area contributed by atoms with Gasteiger partial charge in [0.1, 0.15) is 11.3 Å². The maximum absolute atomic E-state index is 13.3. The molecular formula is C10H9FN2O. The van der Waals surface area contributed by atoms with E-state index in [2.05, 4.69) is 4.98 Å².